The Bertz CT molecular complexity index is 291. The molecular weight excluding hydrogens is 178 g/mol. The third-order valence-corrected chi connectivity index (χ3v) is 2.28. The molecule has 4 heteroatoms. The average molecular weight is 197 g/mol. The Labute approximate surface area is 84.9 Å². The summed E-state index contributed by atoms with van der Waals surface area (Å²) < 4.78 is 4.92. The highest BCUT2D eigenvalue weighted by molar-refractivity contribution is 5.00. The number of aromatic nitrogens is 2. The first kappa shape index (κ1) is 11.2. The maximum atomic E-state index is 6.11. The van der Waals surface area contributed by atoms with E-state index in [1.54, 1.807) is 6.92 Å². The molecule has 1 aromatic rings. The summed E-state index contributed by atoms with van der Waals surface area (Å²) in [6, 6.07) is 0. The van der Waals surface area contributed by atoms with Crippen molar-refractivity contribution in [3.8, 4) is 0 Å². The van der Waals surface area contributed by atoms with Crippen LogP contribution in [0.5, 0.6) is 0 Å². The predicted octanol–water partition coefficient (Wildman–Crippen LogP) is 1.99. The zero-order valence-electron chi connectivity index (χ0n) is 9.37. The molecule has 1 aromatic heterocycles. The van der Waals surface area contributed by atoms with E-state index in [4.69, 9.17) is 10.3 Å². The molecule has 2 N–H and O–H groups in total. The fourth-order valence-corrected chi connectivity index (χ4v) is 1.23. The molecule has 0 aliphatic carbocycles. The Morgan fingerprint density at radius 3 is 2.57 bits per heavy atom. The minimum atomic E-state index is -0.470. The molecule has 1 unspecified atom stereocenters. The van der Waals surface area contributed by atoms with Gasteiger partial charge in [-0.1, -0.05) is 19.0 Å². The Balaban J connectivity index is 2.65. The monoisotopic (exact) mass is 197 g/mol. The summed E-state index contributed by atoms with van der Waals surface area (Å²) in [5.41, 5.74) is 5.64. The van der Waals surface area contributed by atoms with Gasteiger partial charge in [-0.05, 0) is 25.7 Å². The molecule has 0 spiro atoms. The van der Waals surface area contributed by atoms with Crippen molar-refractivity contribution in [2.75, 3.05) is 0 Å². The molecule has 1 heterocycles. The molecule has 0 saturated heterocycles. The molecule has 0 radical (unpaired) electrons. The van der Waals surface area contributed by atoms with E-state index in [0.29, 0.717) is 17.6 Å². The van der Waals surface area contributed by atoms with Crippen molar-refractivity contribution in [3.05, 3.63) is 11.7 Å². The minimum absolute atomic E-state index is 0.470. The SMILES string of the molecule is Cc1nc(C(C)(N)CCC(C)C)no1. The summed E-state index contributed by atoms with van der Waals surface area (Å²) in [6.45, 7) is 8.07. The van der Waals surface area contributed by atoms with Crippen LogP contribution in [0, 0.1) is 12.8 Å². The zero-order chi connectivity index (χ0) is 10.8. The fourth-order valence-electron chi connectivity index (χ4n) is 1.23. The van der Waals surface area contributed by atoms with E-state index in [2.05, 4.69) is 24.0 Å². The third kappa shape index (κ3) is 2.80. The molecule has 4 nitrogen and oxygen atoms in total. The van der Waals surface area contributed by atoms with Crippen LogP contribution in [-0.2, 0) is 5.54 Å². The molecule has 80 valence electrons. The van der Waals surface area contributed by atoms with Gasteiger partial charge in [0.15, 0.2) is 5.82 Å². The van der Waals surface area contributed by atoms with Gasteiger partial charge in [0.05, 0.1) is 5.54 Å². The quantitative estimate of drug-likeness (QED) is 0.801. The van der Waals surface area contributed by atoms with Crippen LogP contribution in [-0.4, -0.2) is 10.1 Å². The first-order chi connectivity index (χ1) is 6.42. The maximum Gasteiger partial charge on any atom is 0.223 e. The standard InChI is InChI=1S/C10H19N3O/c1-7(2)5-6-10(4,11)9-12-8(3)14-13-9/h7H,5-6,11H2,1-4H3. The lowest BCUT2D eigenvalue weighted by atomic mass is 9.92. The van der Waals surface area contributed by atoms with Crippen LogP contribution in [0.15, 0.2) is 4.52 Å². The van der Waals surface area contributed by atoms with Crippen LogP contribution in [0.4, 0.5) is 0 Å². The van der Waals surface area contributed by atoms with E-state index in [0.717, 1.165) is 12.8 Å². The zero-order valence-corrected chi connectivity index (χ0v) is 9.37. The van der Waals surface area contributed by atoms with Gasteiger partial charge in [0, 0.05) is 6.92 Å². The summed E-state index contributed by atoms with van der Waals surface area (Å²) in [7, 11) is 0. The van der Waals surface area contributed by atoms with Crippen LogP contribution >= 0.6 is 0 Å². The number of rotatable bonds is 4. The fraction of sp³-hybridized carbons (Fsp3) is 0.800. The minimum Gasteiger partial charge on any atom is -0.340 e. The van der Waals surface area contributed by atoms with Crippen LogP contribution < -0.4 is 5.73 Å². The van der Waals surface area contributed by atoms with Gasteiger partial charge in [0.1, 0.15) is 0 Å². The molecule has 0 amide bonds. The lowest BCUT2D eigenvalue weighted by Gasteiger charge is -2.21. The molecule has 0 aliphatic rings. The Hall–Kier alpha value is -0.900. The highest BCUT2D eigenvalue weighted by Crippen LogP contribution is 2.22. The molecule has 0 aromatic carbocycles. The Morgan fingerprint density at radius 2 is 2.14 bits per heavy atom. The molecule has 0 aliphatic heterocycles. The van der Waals surface area contributed by atoms with Gasteiger partial charge in [0.2, 0.25) is 5.89 Å². The second-order valence-electron chi connectivity index (χ2n) is 4.49. The number of hydrogen-bond acceptors (Lipinski definition) is 4. The van der Waals surface area contributed by atoms with Gasteiger partial charge in [-0.3, -0.25) is 0 Å². The molecule has 0 fully saturated rings. The summed E-state index contributed by atoms with van der Waals surface area (Å²) in [4.78, 5) is 4.16. The van der Waals surface area contributed by atoms with Crippen molar-refractivity contribution in [1.29, 1.82) is 0 Å². The first-order valence-electron chi connectivity index (χ1n) is 5.01. The lowest BCUT2D eigenvalue weighted by molar-refractivity contribution is 0.340. The largest absolute Gasteiger partial charge is 0.340 e. The Morgan fingerprint density at radius 1 is 1.50 bits per heavy atom. The van der Waals surface area contributed by atoms with Crippen molar-refractivity contribution >= 4 is 0 Å². The topological polar surface area (TPSA) is 64.9 Å². The normalized spacial score (nSPS) is 15.9. The van der Waals surface area contributed by atoms with E-state index in [9.17, 15) is 0 Å². The van der Waals surface area contributed by atoms with Crippen LogP contribution in [0.1, 0.15) is 45.3 Å². The predicted molar refractivity (Wildman–Crippen MR) is 54.6 cm³/mol. The number of nitrogens with two attached hydrogens (primary N) is 1. The van der Waals surface area contributed by atoms with E-state index in [1.807, 2.05) is 6.92 Å². The smallest absolute Gasteiger partial charge is 0.223 e. The van der Waals surface area contributed by atoms with Crippen molar-refractivity contribution in [2.45, 2.75) is 46.1 Å². The first-order valence-corrected chi connectivity index (χ1v) is 5.01. The molecule has 1 atom stereocenters. The number of aryl methyl sites for hydroxylation is 1. The molecule has 0 saturated carbocycles. The van der Waals surface area contributed by atoms with Gasteiger partial charge in [-0.25, -0.2) is 0 Å². The Kier molecular flexibility index (Phi) is 3.26. The van der Waals surface area contributed by atoms with Crippen LogP contribution in [0.3, 0.4) is 0 Å². The average Bonchev–Trinajstić information content (AvgIpc) is 2.49. The molecule has 0 bridgehead atoms. The summed E-state index contributed by atoms with van der Waals surface area (Å²) in [6.07, 6.45) is 1.95. The van der Waals surface area contributed by atoms with E-state index >= 15 is 0 Å². The van der Waals surface area contributed by atoms with Crippen molar-refractivity contribution < 1.29 is 4.52 Å². The summed E-state index contributed by atoms with van der Waals surface area (Å²) >= 11 is 0. The van der Waals surface area contributed by atoms with E-state index < -0.39 is 5.54 Å². The molecular formula is C10H19N3O. The van der Waals surface area contributed by atoms with E-state index in [-0.39, 0.29) is 0 Å². The maximum absolute atomic E-state index is 6.11. The second-order valence-corrected chi connectivity index (χ2v) is 4.49. The lowest BCUT2D eigenvalue weighted by Crippen LogP contribution is -2.34. The number of nitrogens with zero attached hydrogens (tertiary/aromatic N) is 2. The van der Waals surface area contributed by atoms with Gasteiger partial charge in [0.25, 0.3) is 0 Å². The number of hydrogen-bond donors (Lipinski definition) is 1. The van der Waals surface area contributed by atoms with Gasteiger partial charge in [-0.2, -0.15) is 4.98 Å². The highest BCUT2D eigenvalue weighted by atomic mass is 16.5. The summed E-state index contributed by atoms with van der Waals surface area (Å²) in [5.74, 6) is 1.82. The van der Waals surface area contributed by atoms with Gasteiger partial charge < -0.3 is 10.3 Å². The van der Waals surface area contributed by atoms with Gasteiger partial charge in [-0.15, -0.1) is 0 Å². The third-order valence-electron chi connectivity index (χ3n) is 2.28. The van der Waals surface area contributed by atoms with E-state index in [1.165, 1.54) is 0 Å². The molecule has 14 heavy (non-hydrogen) atoms. The van der Waals surface area contributed by atoms with Gasteiger partial charge >= 0.3 is 0 Å². The van der Waals surface area contributed by atoms with Crippen molar-refractivity contribution in [2.24, 2.45) is 11.7 Å². The van der Waals surface area contributed by atoms with Crippen LogP contribution in [0.2, 0.25) is 0 Å². The van der Waals surface area contributed by atoms with Crippen LogP contribution in [0.25, 0.3) is 0 Å². The summed E-state index contributed by atoms with van der Waals surface area (Å²) in [5, 5.41) is 3.85. The molecule has 1 rings (SSSR count). The van der Waals surface area contributed by atoms with Crippen molar-refractivity contribution in [1.82, 2.24) is 10.1 Å². The second kappa shape index (κ2) is 4.09. The van der Waals surface area contributed by atoms with Crippen molar-refractivity contribution in [3.63, 3.8) is 0 Å². The highest BCUT2D eigenvalue weighted by Gasteiger charge is 2.26.